The van der Waals surface area contributed by atoms with Gasteiger partial charge in [-0.15, -0.1) is 0 Å². The van der Waals surface area contributed by atoms with Gasteiger partial charge in [-0.2, -0.15) is 4.58 Å². The van der Waals surface area contributed by atoms with Crippen LogP contribution in [-0.2, 0) is 0 Å². The predicted octanol–water partition coefficient (Wildman–Crippen LogP) is 1.27. The lowest BCUT2D eigenvalue weighted by Crippen LogP contribution is -2.05. The van der Waals surface area contributed by atoms with Gasteiger partial charge in [0, 0.05) is 11.8 Å². The van der Waals surface area contributed by atoms with Crippen molar-refractivity contribution >= 4 is 16.8 Å². The molecule has 0 unspecified atom stereocenters. The highest BCUT2D eigenvalue weighted by atomic mass is 35.5. The van der Waals surface area contributed by atoms with Gasteiger partial charge in [0.1, 0.15) is 7.05 Å². The lowest BCUT2D eigenvalue weighted by atomic mass is 10.5. The van der Waals surface area contributed by atoms with Gasteiger partial charge in [0.2, 0.25) is 0 Å². The fourth-order valence-corrected chi connectivity index (χ4v) is 0.618. The van der Waals surface area contributed by atoms with Gasteiger partial charge < -0.3 is 5.73 Å². The Labute approximate surface area is 66.3 Å². The van der Waals surface area contributed by atoms with E-state index in [1.54, 1.807) is 30.8 Å². The van der Waals surface area contributed by atoms with Crippen molar-refractivity contribution < 1.29 is 4.58 Å². The Hall–Kier alpha value is -0.760. The van der Waals surface area contributed by atoms with Crippen LogP contribution in [0.2, 0.25) is 0 Å². The van der Waals surface area contributed by atoms with Gasteiger partial charge in [-0.25, -0.2) is 0 Å². The van der Waals surface area contributed by atoms with Gasteiger partial charge in [-0.1, -0.05) is 0 Å². The number of nitrogens with two attached hydrogens (primary N) is 1. The first-order valence-corrected chi connectivity index (χ1v) is 3.27. The molecular formula is C7H12ClN2+. The van der Waals surface area contributed by atoms with Gasteiger partial charge in [-0.3, -0.25) is 0 Å². The number of rotatable bonds is 2. The van der Waals surface area contributed by atoms with Crippen molar-refractivity contribution in [3.8, 4) is 0 Å². The third kappa shape index (κ3) is 3.30. The summed E-state index contributed by atoms with van der Waals surface area (Å²) in [6.07, 6.45) is 3.28. The Morgan fingerprint density at radius 2 is 2.20 bits per heavy atom. The first kappa shape index (κ1) is 9.24. The topological polar surface area (TPSA) is 29.0 Å². The number of hydrogen-bond donors (Lipinski definition) is 1. The van der Waals surface area contributed by atoms with E-state index in [0.717, 1.165) is 0 Å². The summed E-state index contributed by atoms with van der Waals surface area (Å²) in [7, 11) is 1.80. The zero-order valence-electron chi connectivity index (χ0n) is 6.26. The van der Waals surface area contributed by atoms with Crippen molar-refractivity contribution in [2.75, 3.05) is 7.05 Å². The molecule has 0 aromatic rings. The minimum atomic E-state index is 0.565. The summed E-state index contributed by atoms with van der Waals surface area (Å²) in [5, 5.41) is 0.565. The third-order valence-corrected chi connectivity index (χ3v) is 1.33. The molecule has 0 amide bonds. The Bertz CT molecular complexity index is 188. The average Bonchev–Trinajstić information content (AvgIpc) is 1.85. The molecular weight excluding hydrogens is 148 g/mol. The molecule has 56 valence electrons. The first-order valence-electron chi connectivity index (χ1n) is 2.89. The van der Waals surface area contributed by atoms with Crippen molar-refractivity contribution in [1.82, 2.24) is 0 Å². The van der Waals surface area contributed by atoms with E-state index in [1.165, 1.54) is 0 Å². The molecule has 0 rings (SSSR count). The molecule has 0 radical (unpaired) electrons. The van der Waals surface area contributed by atoms with Crippen LogP contribution in [0.5, 0.6) is 0 Å². The Balaban J connectivity index is 4.48. The fraction of sp³-hybridized carbons (Fsp3) is 0.286. The molecule has 0 aliphatic heterocycles. The standard InChI is InChI=1S/C7H11ClN2/c1-4-10(3)7(8)5-6(2)9/h4-5,9H,1H2,2-3H3/p+1. The molecule has 0 saturated heterocycles. The van der Waals surface area contributed by atoms with Crippen LogP contribution in [0.4, 0.5) is 0 Å². The van der Waals surface area contributed by atoms with Gasteiger partial charge in [0.25, 0.3) is 5.17 Å². The van der Waals surface area contributed by atoms with Crippen molar-refractivity contribution in [3.05, 3.63) is 24.6 Å². The SMILES string of the molecule is C=C[N+](C)=C(Cl)/C=C(/C)N. The summed E-state index contributed by atoms with van der Waals surface area (Å²) >= 11 is 5.74. The highest BCUT2D eigenvalue weighted by Gasteiger charge is 1.98. The molecule has 2 nitrogen and oxygen atoms in total. The van der Waals surface area contributed by atoms with Crippen molar-refractivity contribution in [1.29, 1.82) is 0 Å². The van der Waals surface area contributed by atoms with Gasteiger partial charge >= 0.3 is 0 Å². The van der Waals surface area contributed by atoms with Crippen molar-refractivity contribution in [2.24, 2.45) is 5.73 Å². The summed E-state index contributed by atoms with van der Waals surface area (Å²) in [6.45, 7) is 5.32. The van der Waals surface area contributed by atoms with E-state index in [-0.39, 0.29) is 0 Å². The highest BCUT2D eigenvalue weighted by Crippen LogP contribution is 1.90. The second-order valence-corrected chi connectivity index (χ2v) is 2.39. The molecule has 0 atom stereocenters. The minimum Gasteiger partial charge on any atom is -0.402 e. The molecule has 0 aliphatic carbocycles. The van der Waals surface area contributed by atoms with Crippen LogP contribution >= 0.6 is 11.6 Å². The molecule has 10 heavy (non-hydrogen) atoms. The molecule has 0 fully saturated rings. The van der Waals surface area contributed by atoms with Crippen LogP contribution in [0, 0.1) is 0 Å². The lowest BCUT2D eigenvalue weighted by molar-refractivity contribution is -0.417. The van der Waals surface area contributed by atoms with E-state index in [2.05, 4.69) is 6.58 Å². The number of halogens is 1. The fourth-order valence-electron chi connectivity index (χ4n) is 0.377. The Morgan fingerprint density at radius 3 is 2.50 bits per heavy atom. The van der Waals surface area contributed by atoms with Crippen molar-refractivity contribution in [3.63, 3.8) is 0 Å². The molecule has 0 bridgehead atoms. The Kier molecular flexibility index (Phi) is 3.81. The third-order valence-electron chi connectivity index (χ3n) is 0.958. The molecule has 0 saturated carbocycles. The zero-order chi connectivity index (χ0) is 8.15. The maximum atomic E-state index is 5.74. The molecule has 0 heterocycles. The number of hydrogen-bond acceptors (Lipinski definition) is 1. The summed E-state index contributed by atoms with van der Waals surface area (Å²) in [6, 6.07) is 0. The van der Waals surface area contributed by atoms with Gasteiger partial charge in [0.05, 0.1) is 0 Å². The molecule has 2 N–H and O–H groups in total. The van der Waals surface area contributed by atoms with Crippen LogP contribution in [0.1, 0.15) is 6.92 Å². The largest absolute Gasteiger partial charge is 0.402 e. The smallest absolute Gasteiger partial charge is 0.276 e. The van der Waals surface area contributed by atoms with E-state index in [1.807, 2.05) is 0 Å². The number of allylic oxidation sites excluding steroid dienone is 2. The maximum absolute atomic E-state index is 5.74. The van der Waals surface area contributed by atoms with Crippen LogP contribution in [0.3, 0.4) is 0 Å². The molecule has 0 aliphatic rings. The van der Waals surface area contributed by atoms with E-state index < -0.39 is 0 Å². The van der Waals surface area contributed by atoms with Crippen LogP contribution in [-0.4, -0.2) is 16.8 Å². The monoisotopic (exact) mass is 159 g/mol. The van der Waals surface area contributed by atoms with Crippen molar-refractivity contribution in [2.45, 2.75) is 6.92 Å². The predicted molar refractivity (Wildman–Crippen MR) is 45.2 cm³/mol. The summed E-state index contributed by atoms with van der Waals surface area (Å²) < 4.78 is 1.68. The minimum absolute atomic E-state index is 0.565. The lowest BCUT2D eigenvalue weighted by Gasteiger charge is -1.88. The second kappa shape index (κ2) is 4.12. The number of nitrogens with zero attached hydrogens (tertiary/aromatic N) is 1. The summed E-state index contributed by atoms with van der Waals surface area (Å²) in [4.78, 5) is 0. The van der Waals surface area contributed by atoms with Crippen LogP contribution in [0.15, 0.2) is 24.6 Å². The van der Waals surface area contributed by atoms with Gasteiger partial charge in [0.15, 0.2) is 6.20 Å². The van der Waals surface area contributed by atoms with E-state index in [9.17, 15) is 0 Å². The highest BCUT2D eigenvalue weighted by molar-refractivity contribution is 6.66. The molecule has 0 aromatic carbocycles. The van der Waals surface area contributed by atoms with E-state index in [0.29, 0.717) is 10.9 Å². The molecule has 0 aromatic heterocycles. The second-order valence-electron chi connectivity index (χ2n) is 2.00. The summed E-state index contributed by atoms with van der Waals surface area (Å²) in [5.74, 6) is 0. The first-order chi connectivity index (χ1) is 4.57. The van der Waals surface area contributed by atoms with Crippen LogP contribution in [0.25, 0.3) is 0 Å². The average molecular weight is 160 g/mol. The Morgan fingerprint density at radius 1 is 1.70 bits per heavy atom. The van der Waals surface area contributed by atoms with Crippen LogP contribution < -0.4 is 5.73 Å². The molecule has 0 spiro atoms. The van der Waals surface area contributed by atoms with Gasteiger partial charge in [-0.05, 0) is 25.1 Å². The normalized spacial score (nSPS) is 14.5. The quantitative estimate of drug-likeness (QED) is 0.477. The van der Waals surface area contributed by atoms with E-state index >= 15 is 0 Å². The molecule has 3 heteroatoms. The zero-order valence-corrected chi connectivity index (χ0v) is 7.02. The van der Waals surface area contributed by atoms with E-state index in [4.69, 9.17) is 17.3 Å². The summed E-state index contributed by atoms with van der Waals surface area (Å²) in [5.41, 5.74) is 6.06. The maximum Gasteiger partial charge on any atom is 0.276 e.